The Morgan fingerprint density at radius 3 is 3.05 bits per heavy atom. The predicted octanol–water partition coefficient (Wildman–Crippen LogP) is 2.33. The summed E-state index contributed by atoms with van der Waals surface area (Å²) in [7, 11) is 0. The predicted molar refractivity (Wildman–Crippen MR) is 81.6 cm³/mol. The van der Waals surface area contributed by atoms with E-state index in [1.165, 1.54) is 33.3 Å². The lowest BCUT2D eigenvalue weighted by atomic mass is 9.97. The number of thioether (sulfide) groups is 1. The van der Waals surface area contributed by atoms with Crippen molar-refractivity contribution in [1.82, 2.24) is 9.66 Å². The van der Waals surface area contributed by atoms with Crippen molar-refractivity contribution < 1.29 is 0 Å². The first-order valence-electron chi connectivity index (χ1n) is 6.28. The highest BCUT2D eigenvalue weighted by molar-refractivity contribution is 7.99. The quantitative estimate of drug-likeness (QED) is 0.408. The van der Waals surface area contributed by atoms with Gasteiger partial charge in [-0.1, -0.05) is 17.8 Å². The topological polar surface area (TPSA) is 60.9 Å². The van der Waals surface area contributed by atoms with Gasteiger partial charge in [0.1, 0.15) is 4.83 Å². The second-order valence-electron chi connectivity index (χ2n) is 4.56. The molecule has 0 aliphatic heterocycles. The molecule has 0 unspecified atom stereocenters. The third kappa shape index (κ3) is 2.08. The molecule has 0 saturated carbocycles. The maximum absolute atomic E-state index is 12.4. The van der Waals surface area contributed by atoms with E-state index in [-0.39, 0.29) is 5.56 Å². The second-order valence-corrected chi connectivity index (χ2v) is 6.63. The van der Waals surface area contributed by atoms with Gasteiger partial charge in [-0.3, -0.25) is 4.79 Å². The zero-order valence-electron chi connectivity index (χ0n) is 10.5. The third-order valence-corrected chi connectivity index (χ3v) is 5.45. The van der Waals surface area contributed by atoms with Crippen LogP contribution in [0.5, 0.6) is 0 Å². The summed E-state index contributed by atoms with van der Waals surface area (Å²) in [4.78, 5) is 19.1. The Labute approximate surface area is 119 Å². The minimum absolute atomic E-state index is 0.115. The van der Waals surface area contributed by atoms with Crippen molar-refractivity contribution in [3.8, 4) is 0 Å². The highest BCUT2D eigenvalue weighted by atomic mass is 32.2. The van der Waals surface area contributed by atoms with E-state index < -0.39 is 0 Å². The highest BCUT2D eigenvalue weighted by Gasteiger charge is 2.21. The number of nitrogen functional groups attached to an aromatic ring is 1. The molecule has 100 valence electrons. The van der Waals surface area contributed by atoms with Crippen molar-refractivity contribution in [1.29, 1.82) is 0 Å². The second kappa shape index (κ2) is 5.02. The Kier molecular flexibility index (Phi) is 3.36. The molecule has 0 saturated heterocycles. The van der Waals surface area contributed by atoms with Crippen LogP contribution in [0, 0.1) is 0 Å². The van der Waals surface area contributed by atoms with Crippen molar-refractivity contribution >= 4 is 33.3 Å². The standard InChI is InChI=1S/C13H15N3OS2/c1-2-7-18-13-15-11-10(12(17)16(13)14)8-5-3-4-6-9(8)19-11/h2H,1,3-7,14H2. The fourth-order valence-electron chi connectivity index (χ4n) is 2.43. The number of rotatable bonds is 3. The molecule has 0 atom stereocenters. The minimum Gasteiger partial charge on any atom is -0.334 e. The van der Waals surface area contributed by atoms with Crippen LogP contribution in [0.2, 0.25) is 0 Å². The molecule has 2 N–H and O–H groups in total. The van der Waals surface area contributed by atoms with E-state index in [0.29, 0.717) is 10.9 Å². The Balaban J connectivity index is 2.22. The van der Waals surface area contributed by atoms with Crippen LogP contribution in [0.4, 0.5) is 0 Å². The van der Waals surface area contributed by atoms with E-state index in [4.69, 9.17) is 5.84 Å². The van der Waals surface area contributed by atoms with Gasteiger partial charge in [0.25, 0.3) is 5.56 Å². The summed E-state index contributed by atoms with van der Waals surface area (Å²) < 4.78 is 1.18. The van der Waals surface area contributed by atoms with Crippen LogP contribution in [0.1, 0.15) is 23.3 Å². The Morgan fingerprint density at radius 1 is 1.47 bits per heavy atom. The molecule has 2 heterocycles. The zero-order chi connectivity index (χ0) is 13.4. The molecular formula is C13H15N3OS2. The van der Waals surface area contributed by atoms with Gasteiger partial charge in [-0.05, 0) is 31.2 Å². The number of nitrogens with zero attached hydrogens (tertiary/aromatic N) is 2. The van der Waals surface area contributed by atoms with Crippen LogP contribution in [0.3, 0.4) is 0 Å². The zero-order valence-corrected chi connectivity index (χ0v) is 12.1. The first-order chi connectivity index (χ1) is 9.22. The average molecular weight is 293 g/mol. The fourth-order valence-corrected chi connectivity index (χ4v) is 4.39. The van der Waals surface area contributed by atoms with Gasteiger partial charge in [-0.15, -0.1) is 17.9 Å². The Hall–Kier alpha value is -1.27. The van der Waals surface area contributed by atoms with Crippen molar-refractivity contribution in [3.05, 3.63) is 33.4 Å². The first kappa shape index (κ1) is 12.7. The maximum Gasteiger partial charge on any atom is 0.281 e. The summed E-state index contributed by atoms with van der Waals surface area (Å²) >= 11 is 3.09. The van der Waals surface area contributed by atoms with E-state index in [9.17, 15) is 4.79 Å². The van der Waals surface area contributed by atoms with E-state index in [0.717, 1.165) is 29.5 Å². The molecule has 0 amide bonds. The molecule has 0 bridgehead atoms. The largest absolute Gasteiger partial charge is 0.334 e. The van der Waals surface area contributed by atoms with Gasteiger partial charge >= 0.3 is 0 Å². The number of nitrogens with two attached hydrogens (primary N) is 1. The maximum atomic E-state index is 12.4. The SMILES string of the molecule is C=CCSc1nc2sc3c(c2c(=O)n1N)CCCC3. The molecule has 0 radical (unpaired) electrons. The van der Waals surface area contributed by atoms with Crippen molar-refractivity contribution in [2.75, 3.05) is 11.6 Å². The highest BCUT2D eigenvalue weighted by Crippen LogP contribution is 2.34. The fraction of sp³-hybridized carbons (Fsp3) is 0.385. The van der Waals surface area contributed by atoms with Crippen LogP contribution in [-0.4, -0.2) is 15.4 Å². The van der Waals surface area contributed by atoms with Gasteiger partial charge in [0.05, 0.1) is 5.39 Å². The molecular weight excluding hydrogens is 278 g/mol. The summed E-state index contributed by atoms with van der Waals surface area (Å²) in [5, 5.41) is 1.31. The van der Waals surface area contributed by atoms with Crippen LogP contribution < -0.4 is 11.4 Å². The first-order valence-corrected chi connectivity index (χ1v) is 8.08. The molecule has 3 rings (SSSR count). The van der Waals surface area contributed by atoms with Gasteiger partial charge in [0.2, 0.25) is 0 Å². The average Bonchev–Trinajstić information content (AvgIpc) is 2.79. The molecule has 4 nitrogen and oxygen atoms in total. The summed E-state index contributed by atoms with van der Waals surface area (Å²) in [6.07, 6.45) is 6.17. The summed E-state index contributed by atoms with van der Waals surface area (Å²) in [5.74, 6) is 6.57. The summed E-state index contributed by atoms with van der Waals surface area (Å²) in [5.41, 5.74) is 1.07. The van der Waals surface area contributed by atoms with Crippen LogP contribution in [0.15, 0.2) is 22.6 Å². The molecule has 2 aromatic heterocycles. The van der Waals surface area contributed by atoms with E-state index >= 15 is 0 Å². The molecule has 0 spiro atoms. The molecule has 1 aliphatic carbocycles. The van der Waals surface area contributed by atoms with Crippen molar-refractivity contribution in [2.45, 2.75) is 30.8 Å². The molecule has 1 aliphatic rings. The third-order valence-electron chi connectivity index (χ3n) is 3.32. The van der Waals surface area contributed by atoms with Gasteiger partial charge in [-0.25, -0.2) is 9.66 Å². The lowest BCUT2D eigenvalue weighted by molar-refractivity contribution is 0.698. The van der Waals surface area contributed by atoms with Gasteiger partial charge in [0, 0.05) is 10.6 Å². The number of fused-ring (bicyclic) bond motifs is 3. The molecule has 0 aromatic carbocycles. The molecule has 6 heteroatoms. The lowest BCUT2D eigenvalue weighted by Crippen LogP contribution is -2.30. The van der Waals surface area contributed by atoms with E-state index in [1.54, 1.807) is 17.4 Å². The normalized spacial score (nSPS) is 14.5. The van der Waals surface area contributed by atoms with Crippen LogP contribution >= 0.6 is 23.1 Å². The number of aromatic nitrogens is 2. The van der Waals surface area contributed by atoms with Gasteiger partial charge < -0.3 is 5.84 Å². The summed E-state index contributed by atoms with van der Waals surface area (Å²) in [6.45, 7) is 3.67. The van der Waals surface area contributed by atoms with Crippen molar-refractivity contribution in [2.24, 2.45) is 0 Å². The van der Waals surface area contributed by atoms with Gasteiger partial charge in [-0.2, -0.15) is 0 Å². The summed E-state index contributed by atoms with van der Waals surface area (Å²) in [6, 6.07) is 0. The van der Waals surface area contributed by atoms with E-state index in [1.807, 2.05) is 0 Å². The van der Waals surface area contributed by atoms with Crippen molar-refractivity contribution in [3.63, 3.8) is 0 Å². The molecule has 2 aromatic rings. The lowest BCUT2D eigenvalue weighted by Gasteiger charge is -2.10. The van der Waals surface area contributed by atoms with E-state index in [2.05, 4.69) is 11.6 Å². The van der Waals surface area contributed by atoms with Gasteiger partial charge in [0.15, 0.2) is 5.16 Å². The van der Waals surface area contributed by atoms with Crippen LogP contribution in [0.25, 0.3) is 10.2 Å². The smallest absolute Gasteiger partial charge is 0.281 e. The number of hydrogen-bond donors (Lipinski definition) is 1. The molecule has 0 fully saturated rings. The minimum atomic E-state index is -0.115. The van der Waals surface area contributed by atoms with Crippen LogP contribution in [-0.2, 0) is 12.8 Å². The number of thiophene rings is 1. The monoisotopic (exact) mass is 293 g/mol. The number of aryl methyl sites for hydroxylation is 2. The molecule has 19 heavy (non-hydrogen) atoms. The Morgan fingerprint density at radius 2 is 2.26 bits per heavy atom. The number of hydrogen-bond acceptors (Lipinski definition) is 5. The Bertz CT molecular complexity index is 702.